The molecule has 0 aliphatic carbocycles. The first-order valence-corrected chi connectivity index (χ1v) is 9.25. The monoisotopic (exact) mass is 362 g/mol. The van der Waals surface area contributed by atoms with Crippen molar-refractivity contribution < 1.29 is 14.3 Å². The summed E-state index contributed by atoms with van der Waals surface area (Å²) >= 11 is 0. The summed E-state index contributed by atoms with van der Waals surface area (Å²) in [7, 11) is 0. The fourth-order valence-electron chi connectivity index (χ4n) is 2.60. The number of morpholine rings is 1. The molecule has 2 unspecified atom stereocenters. The van der Waals surface area contributed by atoms with Crippen molar-refractivity contribution >= 4 is 23.2 Å². The molecule has 1 aliphatic heterocycles. The predicted molar refractivity (Wildman–Crippen MR) is 103 cm³/mol. The Morgan fingerprint density at radius 1 is 1.12 bits per heavy atom. The first-order valence-electron chi connectivity index (χ1n) is 9.25. The Kier molecular flexibility index (Phi) is 7.87. The lowest BCUT2D eigenvalue weighted by Gasteiger charge is -2.25. The van der Waals surface area contributed by atoms with E-state index in [1.54, 1.807) is 0 Å². The molecule has 26 heavy (non-hydrogen) atoms. The molecule has 2 rings (SSSR count). The van der Waals surface area contributed by atoms with Crippen LogP contribution < -0.4 is 16.0 Å². The van der Waals surface area contributed by atoms with E-state index in [9.17, 15) is 9.59 Å². The molecule has 1 aliphatic rings. The molecule has 144 valence electrons. The molecule has 2 atom stereocenters. The lowest BCUT2D eigenvalue weighted by Crippen LogP contribution is -2.41. The van der Waals surface area contributed by atoms with Gasteiger partial charge in [0.15, 0.2) is 0 Å². The van der Waals surface area contributed by atoms with Gasteiger partial charge in [-0.05, 0) is 44.5 Å². The SMILES string of the molecule is CCC(C)NC(=O)C(C)Nc1ccc(NC(=O)CN2CCOCC2)cc1. The molecule has 0 saturated carbocycles. The van der Waals surface area contributed by atoms with Gasteiger partial charge in [-0.1, -0.05) is 6.92 Å². The highest BCUT2D eigenvalue weighted by atomic mass is 16.5. The highest BCUT2D eigenvalue weighted by molar-refractivity contribution is 5.92. The Bertz CT molecular complexity index is 585. The van der Waals surface area contributed by atoms with Gasteiger partial charge in [0.1, 0.15) is 6.04 Å². The molecule has 0 bridgehead atoms. The maximum absolute atomic E-state index is 12.1. The summed E-state index contributed by atoms with van der Waals surface area (Å²) in [6.07, 6.45) is 0.900. The van der Waals surface area contributed by atoms with Gasteiger partial charge in [-0.3, -0.25) is 14.5 Å². The van der Waals surface area contributed by atoms with Crippen molar-refractivity contribution in [3.63, 3.8) is 0 Å². The van der Waals surface area contributed by atoms with Crippen LogP contribution in [0, 0.1) is 0 Å². The van der Waals surface area contributed by atoms with Gasteiger partial charge >= 0.3 is 0 Å². The maximum atomic E-state index is 12.1. The molecular formula is C19H30N4O3. The van der Waals surface area contributed by atoms with Crippen LogP contribution in [0.3, 0.4) is 0 Å². The topological polar surface area (TPSA) is 82.7 Å². The summed E-state index contributed by atoms with van der Waals surface area (Å²) < 4.78 is 5.28. The van der Waals surface area contributed by atoms with Crippen LogP contribution in [-0.4, -0.2) is 61.6 Å². The van der Waals surface area contributed by atoms with Crippen LogP contribution in [-0.2, 0) is 14.3 Å². The van der Waals surface area contributed by atoms with Crippen molar-refractivity contribution in [2.45, 2.75) is 39.3 Å². The molecule has 1 saturated heterocycles. The van der Waals surface area contributed by atoms with E-state index in [-0.39, 0.29) is 23.9 Å². The minimum Gasteiger partial charge on any atom is -0.379 e. The molecule has 1 aromatic rings. The molecule has 3 N–H and O–H groups in total. The summed E-state index contributed by atoms with van der Waals surface area (Å²) in [6, 6.07) is 7.22. The number of hydrogen-bond donors (Lipinski definition) is 3. The number of carbonyl (C=O) groups is 2. The molecule has 2 amide bonds. The van der Waals surface area contributed by atoms with E-state index in [1.165, 1.54) is 0 Å². The Morgan fingerprint density at radius 2 is 1.73 bits per heavy atom. The number of carbonyl (C=O) groups excluding carboxylic acids is 2. The molecule has 0 radical (unpaired) electrons. The fraction of sp³-hybridized carbons (Fsp3) is 0.579. The van der Waals surface area contributed by atoms with Gasteiger partial charge in [0.2, 0.25) is 11.8 Å². The van der Waals surface area contributed by atoms with E-state index in [1.807, 2.05) is 45.0 Å². The second-order valence-corrected chi connectivity index (χ2v) is 6.70. The molecule has 0 aromatic heterocycles. The number of anilines is 2. The first kappa shape index (κ1) is 20.2. The van der Waals surface area contributed by atoms with Gasteiger partial charge in [-0.15, -0.1) is 0 Å². The Hall–Kier alpha value is -2.12. The lowest BCUT2D eigenvalue weighted by atomic mass is 10.2. The third kappa shape index (κ3) is 6.65. The number of rotatable bonds is 8. The van der Waals surface area contributed by atoms with E-state index in [4.69, 9.17) is 4.74 Å². The van der Waals surface area contributed by atoms with Crippen LogP contribution in [0.2, 0.25) is 0 Å². The minimum atomic E-state index is -0.328. The lowest BCUT2D eigenvalue weighted by molar-refractivity contribution is -0.122. The van der Waals surface area contributed by atoms with Crippen LogP contribution in [0.4, 0.5) is 11.4 Å². The van der Waals surface area contributed by atoms with E-state index < -0.39 is 0 Å². The van der Waals surface area contributed by atoms with Crippen molar-refractivity contribution in [2.75, 3.05) is 43.5 Å². The van der Waals surface area contributed by atoms with Crippen molar-refractivity contribution in [1.82, 2.24) is 10.2 Å². The average molecular weight is 362 g/mol. The maximum Gasteiger partial charge on any atom is 0.242 e. The number of benzene rings is 1. The molecule has 1 heterocycles. The molecular weight excluding hydrogens is 332 g/mol. The van der Waals surface area contributed by atoms with Crippen LogP contribution in [0.1, 0.15) is 27.2 Å². The number of nitrogens with zero attached hydrogens (tertiary/aromatic N) is 1. The van der Waals surface area contributed by atoms with Crippen molar-refractivity contribution in [3.05, 3.63) is 24.3 Å². The van der Waals surface area contributed by atoms with Crippen LogP contribution in [0.25, 0.3) is 0 Å². The molecule has 0 spiro atoms. The smallest absolute Gasteiger partial charge is 0.242 e. The van der Waals surface area contributed by atoms with E-state index in [2.05, 4.69) is 20.9 Å². The summed E-state index contributed by atoms with van der Waals surface area (Å²) in [5.74, 6) is -0.0591. The second kappa shape index (κ2) is 10.1. The summed E-state index contributed by atoms with van der Waals surface area (Å²) in [5, 5.41) is 9.02. The highest BCUT2D eigenvalue weighted by Gasteiger charge is 2.15. The zero-order chi connectivity index (χ0) is 18.9. The van der Waals surface area contributed by atoms with Gasteiger partial charge < -0.3 is 20.7 Å². The fourth-order valence-corrected chi connectivity index (χ4v) is 2.60. The second-order valence-electron chi connectivity index (χ2n) is 6.70. The van der Waals surface area contributed by atoms with Gasteiger partial charge in [0.25, 0.3) is 0 Å². The summed E-state index contributed by atoms with van der Waals surface area (Å²) in [6.45, 7) is 9.15. The summed E-state index contributed by atoms with van der Waals surface area (Å²) in [5.41, 5.74) is 1.58. The first-order chi connectivity index (χ1) is 12.5. The Labute approximate surface area is 155 Å². The van der Waals surface area contributed by atoms with Crippen molar-refractivity contribution in [2.24, 2.45) is 0 Å². The van der Waals surface area contributed by atoms with Crippen LogP contribution in [0.5, 0.6) is 0 Å². The van der Waals surface area contributed by atoms with Crippen LogP contribution in [0.15, 0.2) is 24.3 Å². The Morgan fingerprint density at radius 3 is 2.35 bits per heavy atom. The van der Waals surface area contributed by atoms with E-state index in [0.717, 1.165) is 30.9 Å². The highest BCUT2D eigenvalue weighted by Crippen LogP contribution is 2.14. The van der Waals surface area contributed by atoms with E-state index >= 15 is 0 Å². The van der Waals surface area contributed by atoms with Crippen LogP contribution >= 0.6 is 0 Å². The van der Waals surface area contributed by atoms with Gasteiger partial charge in [0.05, 0.1) is 19.8 Å². The largest absolute Gasteiger partial charge is 0.379 e. The van der Waals surface area contributed by atoms with Crippen molar-refractivity contribution in [1.29, 1.82) is 0 Å². The third-order valence-corrected chi connectivity index (χ3v) is 4.42. The molecule has 1 fully saturated rings. The third-order valence-electron chi connectivity index (χ3n) is 4.42. The predicted octanol–water partition coefficient (Wildman–Crippen LogP) is 1.67. The zero-order valence-corrected chi connectivity index (χ0v) is 15.9. The van der Waals surface area contributed by atoms with Gasteiger partial charge in [-0.2, -0.15) is 0 Å². The molecule has 7 heteroatoms. The van der Waals surface area contributed by atoms with Gasteiger partial charge in [-0.25, -0.2) is 0 Å². The molecule has 7 nitrogen and oxygen atoms in total. The van der Waals surface area contributed by atoms with E-state index in [0.29, 0.717) is 19.8 Å². The normalized spacial score (nSPS) is 17.2. The molecule has 1 aromatic carbocycles. The number of nitrogens with one attached hydrogen (secondary N) is 3. The average Bonchev–Trinajstić information content (AvgIpc) is 2.63. The minimum absolute atomic E-state index is 0.0257. The quantitative estimate of drug-likeness (QED) is 0.655. The number of hydrogen-bond acceptors (Lipinski definition) is 5. The zero-order valence-electron chi connectivity index (χ0n) is 15.9. The van der Waals surface area contributed by atoms with Crippen molar-refractivity contribution in [3.8, 4) is 0 Å². The number of amides is 2. The Balaban J connectivity index is 1.79. The standard InChI is InChI=1S/C19H30N4O3/c1-4-14(2)20-19(25)15(3)21-16-5-7-17(8-6-16)22-18(24)13-23-9-11-26-12-10-23/h5-8,14-15,21H,4,9-13H2,1-3H3,(H,20,25)(H,22,24). The summed E-state index contributed by atoms with van der Waals surface area (Å²) in [4.78, 5) is 26.3. The number of ether oxygens (including phenoxy) is 1. The van der Waals surface area contributed by atoms with Gasteiger partial charge in [0, 0.05) is 30.5 Å².